The fourth-order valence-corrected chi connectivity index (χ4v) is 2.24. The van der Waals surface area contributed by atoms with Gasteiger partial charge in [0.15, 0.2) is 0 Å². The Bertz CT molecular complexity index is 526. The Morgan fingerprint density at radius 1 is 1.28 bits per heavy atom. The number of aliphatic hydroxyl groups excluding tert-OH is 1. The molecule has 2 N–H and O–H groups in total. The average molecular weight is 307 g/mol. The molecule has 1 aromatic heterocycles. The topological polar surface area (TPSA) is 45.1 Å². The first-order chi connectivity index (χ1) is 8.69. The molecule has 94 valence electrons. The molecule has 0 aliphatic carbocycles. The summed E-state index contributed by atoms with van der Waals surface area (Å²) in [5.41, 5.74) is 3.24. The largest absolute Gasteiger partial charge is 0.392 e. The lowest BCUT2D eigenvalue weighted by molar-refractivity contribution is 0.281. The number of anilines is 1. The Labute approximate surface area is 115 Å². The summed E-state index contributed by atoms with van der Waals surface area (Å²) < 4.78 is 1.10. The molecule has 4 heteroatoms. The lowest BCUT2D eigenvalue weighted by Gasteiger charge is -2.08. The third-order valence-electron chi connectivity index (χ3n) is 2.68. The molecule has 3 nitrogen and oxygen atoms in total. The van der Waals surface area contributed by atoms with Crippen molar-refractivity contribution in [2.45, 2.75) is 20.1 Å². The fourth-order valence-electron chi connectivity index (χ4n) is 1.60. The van der Waals surface area contributed by atoms with Crippen LogP contribution in [0.5, 0.6) is 0 Å². The van der Waals surface area contributed by atoms with Crippen LogP contribution in [-0.2, 0) is 13.2 Å². The summed E-state index contributed by atoms with van der Waals surface area (Å²) in [6.07, 6.45) is 1.67. The Morgan fingerprint density at radius 2 is 2.11 bits per heavy atom. The number of nitrogens with one attached hydrogen (secondary N) is 1. The monoisotopic (exact) mass is 306 g/mol. The summed E-state index contributed by atoms with van der Waals surface area (Å²) in [6.45, 7) is 2.81. The van der Waals surface area contributed by atoms with Crippen molar-refractivity contribution >= 4 is 21.7 Å². The van der Waals surface area contributed by atoms with E-state index in [2.05, 4.69) is 51.4 Å². The van der Waals surface area contributed by atoms with Crippen LogP contribution in [0.1, 0.15) is 16.7 Å². The van der Waals surface area contributed by atoms with Gasteiger partial charge in [0.05, 0.1) is 6.61 Å². The highest BCUT2D eigenvalue weighted by molar-refractivity contribution is 9.10. The zero-order chi connectivity index (χ0) is 13.0. The van der Waals surface area contributed by atoms with Gasteiger partial charge in [-0.15, -0.1) is 0 Å². The van der Waals surface area contributed by atoms with Crippen molar-refractivity contribution in [2.75, 3.05) is 5.32 Å². The summed E-state index contributed by atoms with van der Waals surface area (Å²) in [5, 5.41) is 12.2. The molecule has 0 saturated carbocycles. The first-order valence-electron chi connectivity index (χ1n) is 5.74. The minimum absolute atomic E-state index is 0.0246. The third-order valence-corrected chi connectivity index (χ3v) is 3.41. The van der Waals surface area contributed by atoms with E-state index in [-0.39, 0.29) is 6.61 Å². The summed E-state index contributed by atoms with van der Waals surface area (Å²) in [6, 6.07) is 10.0. The van der Waals surface area contributed by atoms with Crippen LogP contribution >= 0.6 is 15.9 Å². The number of hydrogen-bond acceptors (Lipinski definition) is 3. The molecule has 18 heavy (non-hydrogen) atoms. The van der Waals surface area contributed by atoms with Crippen molar-refractivity contribution in [3.05, 3.63) is 57.7 Å². The number of hydrogen-bond donors (Lipinski definition) is 2. The van der Waals surface area contributed by atoms with Gasteiger partial charge in [0.25, 0.3) is 0 Å². The van der Waals surface area contributed by atoms with Crippen molar-refractivity contribution in [3.63, 3.8) is 0 Å². The van der Waals surface area contributed by atoms with Crippen molar-refractivity contribution in [1.82, 2.24) is 4.98 Å². The maximum atomic E-state index is 8.93. The standard InChI is InChI=1S/C14H15BrN2O/c1-10-2-4-12(13(15)6-10)8-17-14-5-3-11(9-18)7-16-14/h2-7,18H,8-9H2,1H3,(H,16,17). The van der Waals surface area contributed by atoms with Crippen molar-refractivity contribution in [3.8, 4) is 0 Å². The highest BCUT2D eigenvalue weighted by Crippen LogP contribution is 2.19. The van der Waals surface area contributed by atoms with Crippen LogP contribution in [0.4, 0.5) is 5.82 Å². The molecule has 0 aliphatic heterocycles. The van der Waals surface area contributed by atoms with Gasteiger partial charge in [-0.2, -0.15) is 0 Å². The van der Waals surface area contributed by atoms with E-state index in [0.29, 0.717) is 6.54 Å². The molecule has 2 aromatic rings. The Balaban J connectivity index is 2.02. The van der Waals surface area contributed by atoms with Crippen molar-refractivity contribution in [2.24, 2.45) is 0 Å². The highest BCUT2D eigenvalue weighted by Gasteiger charge is 2.00. The zero-order valence-electron chi connectivity index (χ0n) is 10.2. The van der Waals surface area contributed by atoms with Crippen LogP contribution in [0.15, 0.2) is 41.0 Å². The highest BCUT2D eigenvalue weighted by atomic mass is 79.9. The molecular formula is C14H15BrN2O. The van der Waals surface area contributed by atoms with E-state index in [1.165, 1.54) is 11.1 Å². The smallest absolute Gasteiger partial charge is 0.126 e. The summed E-state index contributed by atoms with van der Waals surface area (Å²) >= 11 is 3.55. The van der Waals surface area contributed by atoms with E-state index in [1.807, 2.05) is 12.1 Å². The SMILES string of the molecule is Cc1ccc(CNc2ccc(CO)cn2)c(Br)c1. The number of aromatic nitrogens is 1. The second-order valence-electron chi connectivity index (χ2n) is 4.16. The van der Waals surface area contributed by atoms with Crippen LogP contribution in [-0.4, -0.2) is 10.1 Å². The molecule has 0 bridgehead atoms. The van der Waals surface area contributed by atoms with Crippen LogP contribution in [0.3, 0.4) is 0 Å². The van der Waals surface area contributed by atoms with Crippen LogP contribution in [0, 0.1) is 6.92 Å². The Kier molecular flexibility index (Phi) is 4.33. The second-order valence-corrected chi connectivity index (χ2v) is 5.01. The van der Waals surface area contributed by atoms with E-state index >= 15 is 0 Å². The van der Waals surface area contributed by atoms with Gasteiger partial charge in [-0.05, 0) is 35.7 Å². The minimum Gasteiger partial charge on any atom is -0.392 e. The Morgan fingerprint density at radius 3 is 2.72 bits per heavy atom. The molecule has 0 radical (unpaired) electrons. The molecule has 1 aromatic carbocycles. The number of rotatable bonds is 4. The number of aliphatic hydroxyl groups is 1. The van der Waals surface area contributed by atoms with Crippen molar-refractivity contribution < 1.29 is 5.11 Å². The van der Waals surface area contributed by atoms with E-state index in [4.69, 9.17) is 5.11 Å². The zero-order valence-corrected chi connectivity index (χ0v) is 11.7. The molecule has 0 amide bonds. The van der Waals surface area contributed by atoms with Gasteiger partial charge in [0.1, 0.15) is 5.82 Å². The van der Waals surface area contributed by atoms with Gasteiger partial charge in [-0.3, -0.25) is 0 Å². The van der Waals surface area contributed by atoms with E-state index < -0.39 is 0 Å². The lowest BCUT2D eigenvalue weighted by atomic mass is 10.1. The molecular weight excluding hydrogens is 292 g/mol. The molecule has 0 saturated heterocycles. The van der Waals surface area contributed by atoms with Crippen LogP contribution in [0.2, 0.25) is 0 Å². The summed E-state index contributed by atoms with van der Waals surface area (Å²) in [7, 11) is 0. The van der Waals surface area contributed by atoms with Crippen LogP contribution in [0.25, 0.3) is 0 Å². The summed E-state index contributed by atoms with van der Waals surface area (Å²) in [5.74, 6) is 0.805. The second kappa shape index (κ2) is 5.98. The molecule has 0 spiro atoms. The number of aryl methyl sites for hydroxylation is 1. The number of nitrogens with zero attached hydrogens (tertiary/aromatic N) is 1. The minimum atomic E-state index is 0.0246. The maximum absolute atomic E-state index is 8.93. The van der Waals surface area contributed by atoms with E-state index in [0.717, 1.165) is 15.9 Å². The molecule has 0 fully saturated rings. The number of halogens is 1. The van der Waals surface area contributed by atoms with Gasteiger partial charge in [-0.25, -0.2) is 4.98 Å². The molecule has 1 heterocycles. The summed E-state index contributed by atoms with van der Waals surface area (Å²) in [4.78, 5) is 4.23. The first kappa shape index (κ1) is 13.1. The van der Waals surface area contributed by atoms with Crippen molar-refractivity contribution in [1.29, 1.82) is 0 Å². The molecule has 0 atom stereocenters. The quantitative estimate of drug-likeness (QED) is 0.911. The van der Waals surface area contributed by atoms with E-state index in [9.17, 15) is 0 Å². The van der Waals surface area contributed by atoms with Crippen LogP contribution < -0.4 is 5.32 Å². The molecule has 2 rings (SSSR count). The first-order valence-corrected chi connectivity index (χ1v) is 6.53. The van der Waals surface area contributed by atoms with Gasteiger partial charge < -0.3 is 10.4 Å². The van der Waals surface area contributed by atoms with Gasteiger partial charge in [0.2, 0.25) is 0 Å². The van der Waals surface area contributed by atoms with Gasteiger partial charge in [-0.1, -0.05) is 34.1 Å². The third kappa shape index (κ3) is 3.31. The van der Waals surface area contributed by atoms with Gasteiger partial charge >= 0.3 is 0 Å². The molecule has 0 unspecified atom stereocenters. The lowest BCUT2D eigenvalue weighted by Crippen LogP contribution is -2.02. The Hall–Kier alpha value is -1.39. The number of benzene rings is 1. The van der Waals surface area contributed by atoms with E-state index in [1.54, 1.807) is 6.20 Å². The number of pyridine rings is 1. The predicted molar refractivity (Wildman–Crippen MR) is 76.4 cm³/mol. The molecule has 0 aliphatic rings. The van der Waals surface area contributed by atoms with Gasteiger partial charge in [0, 0.05) is 17.2 Å². The fraction of sp³-hybridized carbons (Fsp3) is 0.214. The maximum Gasteiger partial charge on any atom is 0.126 e. The normalized spacial score (nSPS) is 10.4. The predicted octanol–water partition coefficient (Wildman–Crippen LogP) is 3.26. The average Bonchev–Trinajstić information content (AvgIpc) is 2.38.